The van der Waals surface area contributed by atoms with E-state index in [0.717, 1.165) is 24.4 Å². The van der Waals surface area contributed by atoms with Crippen molar-refractivity contribution in [3.63, 3.8) is 0 Å². The summed E-state index contributed by atoms with van der Waals surface area (Å²) in [5.41, 5.74) is 1.33. The van der Waals surface area contributed by atoms with Crippen molar-refractivity contribution >= 4 is 39.4 Å². The van der Waals surface area contributed by atoms with E-state index >= 15 is 0 Å². The van der Waals surface area contributed by atoms with Crippen LogP contribution in [0, 0.1) is 0 Å². The van der Waals surface area contributed by atoms with Crippen LogP contribution in [0.5, 0.6) is 0 Å². The van der Waals surface area contributed by atoms with Crippen molar-refractivity contribution in [2.24, 2.45) is 0 Å². The van der Waals surface area contributed by atoms with E-state index in [2.05, 4.69) is 89.7 Å². The van der Waals surface area contributed by atoms with Gasteiger partial charge >= 0.3 is 0 Å². The van der Waals surface area contributed by atoms with Crippen LogP contribution in [0.1, 0.15) is 44.5 Å². The molecule has 0 radical (unpaired) electrons. The van der Waals surface area contributed by atoms with Crippen LogP contribution in [0.15, 0.2) is 53.6 Å². The molecule has 1 saturated carbocycles. The summed E-state index contributed by atoms with van der Waals surface area (Å²) in [5, 5.41) is 3.59. The summed E-state index contributed by atoms with van der Waals surface area (Å²) in [6.07, 6.45) is 16.7. The van der Waals surface area contributed by atoms with Gasteiger partial charge in [0.15, 0.2) is 0 Å². The van der Waals surface area contributed by atoms with E-state index in [0.29, 0.717) is 0 Å². The molecule has 4 heteroatoms. The Morgan fingerprint density at radius 2 is 1.96 bits per heavy atom. The SMILES string of the molecule is CCN1/C(=C/C=C/C=C/c2sc3ccccc3[n+]2CC)SC2CCCCC21. The summed E-state index contributed by atoms with van der Waals surface area (Å²) >= 11 is 3.96. The number of benzene rings is 1. The predicted octanol–water partition coefficient (Wildman–Crippen LogP) is 6.00. The van der Waals surface area contributed by atoms with Crippen LogP contribution in [0.2, 0.25) is 0 Å². The highest BCUT2D eigenvalue weighted by atomic mass is 32.2. The van der Waals surface area contributed by atoms with E-state index in [1.54, 1.807) is 0 Å². The Bertz CT molecular complexity index is 878. The average Bonchev–Trinajstić information content (AvgIpc) is 3.24. The van der Waals surface area contributed by atoms with E-state index in [9.17, 15) is 0 Å². The minimum absolute atomic E-state index is 0.769. The van der Waals surface area contributed by atoms with Crippen molar-refractivity contribution < 1.29 is 4.57 Å². The summed E-state index contributed by atoms with van der Waals surface area (Å²) in [7, 11) is 0. The highest BCUT2D eigenvalue weighted by Gasteiger charge is 2.37. The zero-order valence-electron chi connectivity index (χ0n) is 16.3. The molecule has 2 atom stereocenters. The molecule has 2 nitrogen and oxygen atoms in total. The van der Waals surface area contributed by atoms with Gasteiger partial charge in [-0.2, -0.15) is 4.57 Å². The van der Waals surface area contributed by atoms with Crippen LogP contribution in [0.3, 0.4) is 0 Å². The Labute approximate surface area is 171 Å². The zero-order chi connectivity index (χ0) is 18.6. The first-order valence-corrected chi connectivity index (χ1v) is 11.9. The average molecular weight is 398 g/mol. The number of fused-ring (bicyclic) bond motifs is 2. The Balaban J connectivity index is 1.47. The number of aryl methyl sites for hydroxylation is 1. The molecule has 0 bridgehead atoms. The van der Waals surface area contributed by atoms with Crippen LogP contribution >= 0.6 is 23.1 Å². The van der Waals surface area contributed by atoms with Crippen molar-refractivity contribution in [3.8, 4) is 0 Å². The molecular weight excluding hydrogens is 368 g/mol. The molecule has 1 aliphatic heterocycles. The maximum atomic E-state index is 2.62. The molecule has 2 aromatic rings. The highest BCUT2D eigenvalue weighted by molar-refractivity contribution is 8.03. The molecule has 1 aromatic heterocycles. The molecule has 142 valence electrons. The lowest BCUT2D eigenvalue weighted by Gasteiger charge is -2.31. The number of aromatic nitrogens is 1. The molecule has 2 unspecified atom stereocenters. The van der Waals surface area contributed by atoms with Gasteiger partial charge in [0.1, 0.15) is 11.2 Å². The van der Waals surface area contributed by atoms with Crippen molar-refractivity contribution in [1.29, 1.82) is 0 Å². The van der Waals surface area contributed by atoms with E-state index < -0.39 is 0 Å². The normalized spacial score (nSPS) is 24.7. The summed E-state index contributed by atoms with van der Waals surface area (Å²) in [6.45, 7) is 6.64. The van der Waals surface area contributed by atoms with Gasteiger partial charge in [-0.1, -0.05) is 54.5 Å². The predicted molar refractivity (Wildman–Crippen MR) is 120 cm³/mol. The van der Waals surface area contributed by atoms with Crippen LogP contribution in [0.4, 0.5) is 0 Å². The van der Waals surface area contributed by atoms with Gasteiger partial charge in [-0.25, -0.2) is 0 Å². The fraction of sp³-hybridized carbons (Fsp3) is 0.435. The quantitative estimate of drug-likeness (QED) is 0.451. The van der Waals surface area contributed by atoms with E-state index in [1.807, 2.05) is 11.3 Å². The van der Waals surface area contributed by atoms with Crippen LogP contribution < -0.4 is 4.57 Å². The number of thiazole rings is 1. The third kappa shape index (κ3) is 3.88. The fourth-order valence-corrected chi connectivity index (χ4v) is 7.06. The van der Waals surface area contributed by atoms with Gasteiger partial charge in [-0.15, -0.1) is 11.8 Å². The Morgan fingerprint density at radius 3 is 2.81 bits per heavy atom. The minimum atomic E-state index is 0.769. The van der Waals surface area contributed by atoms with E-state index in [-0.39, 0.29) is 0 Å². The van der Waals surface area contributed by atoms with Gasteiger partial charge in [-0.05, 0) is 38.8 Å². The van der Waals surface area contributed by atoms with Crippen LogP contribution in [-0.4, -0.2) is 22.7 Å². The van der Waals surface area contributed by atoms with Crippen LogP contribution in [-0.2, 0) is 6.54 Å². The van der Waals surface area contributed by atoms with Crippen molar-refractivity contribution in [2.75, 3.05) is 6.54 Å². The molecule has 4 rings (SSSR count). The van der Waals surface area contributed by atoms with Gasteiger partial charge in [0.25, 0.3) is 5.01 Å². The van der Waals surface area contributed by atoms with Gasteiger partial charge in [0, 0.05) is 30.0 Å². The number of hydrogen-bond acceptors (Lipinski definition) is 3. The molecule has 2 aliphatic rings. The Kier molecular flexibility index (Phi) is 6.04. The molecule has 0 N–H and O–H groups in total. The largest absolute Gasteiger partial charge is 0.363 e. The first-order chi connectivity index (χ1) is 13.3. The van der Waals surface area contributed by atoms with E-state index in [4.69, 9.17) is 0 Å². The van der Waals surface area contributed by atoms with Crippen molar-refractivity contribution in [2.45, 2.75) is 57.4 Å². The lowest BCUT2D eigenvalue weighted by molar-refractivity contribution is -0.665. The Morgan fingerprint density at radius 1 is 1.11 bits per heavy atom. The second kappa shape index (κ2) is 8.66. The summed E-state index contributed by atoms with van der Waals surface area (Å²) in [6, 6.07) is 9.43. The summed E-state index contributed by atoms with van der Waals surface area (Å²) in [5.74, 6) is 0. The first kappa shape index (κ1) is 18.8. The van der Waals surface area contributed by atoms with E-state index in [1.165, 1.54) is 45.9 Å². The number of rotatable bonds is 5. The standard InChI is InChI=1S/C23H29N2S2/c1-3-24-18-12-8-10-14-20(18)26-22(24)16-6-5-7-17-23-25(4-2)19-13-9-11-15-21(19)27-23/h5-8,10,12,14,16-17,19,21H,3-4,9,11,13,15H2,1-2H3/q+1. The molecule has 0 amide bonds. The molecule has 2 fully saturated rings. The number of allylic oxidation sites excluding steroid dienone is 4. The fourth-order valence-electron chi connectivity index (χ4n) is 4.33. The second-order valence-electron chi connectivity index (χ2n) is 7.20. The molecular formula is C23H29N2S2+. The monoisotopic (exact) mass is 397 g/mol. The van der Waals surface area contributed by atoms with Crippen LogP contribution in [0.25, 0.3) is 16.3 Å². The lowest BCUT2D eigenvalue weighted by atomic mass is 9.94. The number of nitrogens with zero attached hydrogens (tertiary/aromatic N) is 2. The number of hydrogen-bond donors (Lipinski definition) is 0. The molecule has 0 spiro atoms. The molecule has 27 heavy (non-hydrogen) atoms. The van der Waals surface area contributed by atoms with Gasteiger partial charge in [0.05, 0.1) is 5.03 Å². The Hall–Kier alpha value is -1.52. The third-order valence-electron chi connectivity index (χ3n) is 5.62. The number of thioether (sulfide) groups is 1. The highest BCUT2D eigenvalue weighted by Crippen LogP contribution is 2.45. The summed E-state index contributed by atoms with van der Waals surface area (Å²) < 4.78 is 3.74. The summed E-state index contributed by atoms with van der Waals surface area (Å²) in [4.78, 5) is 2.62. The van der Waals surface area contributed by atoms with Gasteiger partial charge in [0.2, 0.25) is 5.52 Å². The minimum Gasteiger partial charge on any atom is -0.363 e. The second-order valence-corrected chi connectivity index (χ2v) is 9.52. The maximum Gasteiger partial charge on any atom is 0.262 e. The van der Waals surface area contributed by atoms with Crippen molar-refractivity contribution in [3.05, 3.63) is 58.6 Å². The zero-order valence-corrected chi connectivity index (χ0v) is 17.9. The number of para-hydroxylation sites is 1. The lowest BCUT2D eigenvalue weighted by Crippen LogP contribution is -2.36. The van der Waals surface area contributed by atoms with Gasteiger partial charge < -0.3 is 4.90 Å². The molecule has 1 saturated heterocycles. The topological polar surface area (TPSA) is 7.12 Å². The molecule has 1 aromatic carbocycles. The maximum absolute atomic E-state index is 2.62. The first-order valence-electron chi connectivity index (χ1n) is 10.2. The molecule has 1 aliphatic carbocycles. The van der Waals surface area contributed by atoms with Crippen molar-refractivity contribution in [1.82, 2.24) is 4.90 Å². The molecule has 2 heterocycles. The third-order valence-corrected chi connectivity index (χ3v) is 8.21. The smallest absolute Gasteiger partial charge is 0.262 e. The van der Waals surface area contributed by atoms with Gasteiger partial charge in [-0.3, -0.25) is 0 Å².